The van der Waals surface area contributed by atoms with Gasteiger partial charge in [-0.25, -0.2) is 8.42 Å². The lowest BCUT2D eigenvalue weighted by atomic mass is 10.1. The van der Waals surface area contributed by atoms with Crippen LogP contribution < -0.4 is 9.47 Å². The highest BCUT2D eigenvalue weighted by atomic mass is 32.2. The molecule has 0 aliphatic carbocycles. The molecule has 1 aromatic heterocycles. The van der Waals surface area contributed by atoms with E-state index in [0.717, 1.165) is 12.0 Å². The van der Waals surface area contributed by atoms with E-state index in [2.05, 4.69) is 10.2 Å². The zero-order valence-electron chi connectivity index (χ0n) is 17.9. The maximum Gasteiger partial charge on any atom is 0.271 e. The Bertz CT molecular complexity index is 1250. The quantitative estimate of drug-likeness (QED) is 0.631. The maximum atomic E-state index is 13.2. The van der Waals surface area contributed by atoms with Crippen LogP contribution in [-0.4, -0.2) is 73.1 Å². The van der Waals surface area contributed by atoms with Crippen molar-refractivity contribution in [1.29, 1.82) is 0 Å². The van der Waals surface area contributed by atoms with E-state index < -0.39 is 10.0 Å². The lowest BCUT2D eigenvalue weighted by molar-refractivity contribution is 0.0692. The molecule has 0 bridgehead atoms. The van der Waals surface area contributed by atoms with Crippen molar-refractivity contribution in [3.8, 4) is 22.8 Å². The van der Waals surface area contributed by atoms with Crippen LogP contribution >= 0.6 is 0 Å². The molecule has 10 heteroatoms. The molecule has 1 N–H and O–H groups in total. The third kappa shape index (κ3) is 4.31. The SMILES string of the molecule is O=C(c1cc(-c2ccccc2)n[nH]1)N1CCN(S(=O)(=O)c2ccc3c(c2)OCCCO3)CC1. The molecule has 172 valence electrons. The molecule has 0 saturated carbocycles. The zero-order valence-corrected chi connectivity index (χ0v) is 18.8. The second-order valence-corrected chi connectivity index (χ2v) is 9.83. The number of nitrogens with one attached hydrogen (secondary N) is 1. The number of amides is 1. The minimum Gasteiger partial charge on any atom is -0.490 e. The first-order valence-electron chi connectivity index (χ1n) is 10.8. The topological polar surface area (TPSA) is 105 Å². The smallest absolute Gasteiger partial charge is 0.271 e. The number of hydrogen-bond donors (Lipinski definition) is 1. The van der Waals surface area contributed by atoms with E-state index in [1.807, 2.05) is 30.3 Å². The fourth-order valence-corrected chi connectivity index (χ4v) is 5.38. The second kappa shape index (κ2) is 8.87. The van der Waals surface area contributed by atoms with Crippen molar-refractivity contribution in [2.45, 2.75) is 11.3 Å². The van der Waals surface area contributed by atoms with Gasteiger partial charge in [0.1, 0.15) is 5.69 Å². The molecule has 1 saturated heterocycles. The van der Waals surface area contributed by atoms with Gasteiger partial charge >= 0.3 is 0 Å². The molecular weight excluding hydrogens is 444 g/mol. The molecule has 3 heterocycles. The molecule has 5 rings (SSSR count). The molecule has 1 fully saturated rings. The van der Waals surface area contributed by atoms with Gasteiger partial charge in [0.25, 0.3) is 5.91 Å². The van der Waals surface area contributed by atoms with Gasteiger partial charge in [0.05, 0.1) is 23.8 Å². The Balaban J connectivity index is 1.26. The number of carbonyl (C=O) groups excluding carboxylic acids is 1. The summed E-state index contributed by atoms with van der Waals surface area (Å²) in [6, 6.07) is 16.0. The molecule has 2 aliphatic heterocycles. The highest BCUT2D eigenvalue weighted by Gasteiger charge is 2.31. The molecule has 2 aromatic carbocycles. The van der Waals surface area contributed by atoms with Crippen LogP contribution in [0.2, 0.25) is 0 Å². The van der Waals surface area contributed by atoms with Crippen molar-refractivity contribution in [3.63, 3.8) is 0 Å². The Kier molecular flexibility index (Phi) is 5.77. The van der Waals surface area contributed by atoms with Gasteiger partial charge in [-0.05, 0) is 18.2 Å². The van der Waals surface area contributed by atoms with Crippen molar-refractivity contribution in [2.75, 3.05) is 39.4 Å². The van der Waals surface area contributed by atoms with Crippen LogP contribution in [0.4, 0.5) is 0 Å². The number of aromatic amines is 1. The number of ether oxygens (including phenoxy) is 2. The van der Waals surface area contributed by atoms with Gasteiger partial charge in [-0.2, -0.15) is 9.40 Å². The first-order valence-corrected chi connectivity index (χ1v) is 12.3. The van der Waals surface area contributed by atoms with Crippen LogP contribution in [0, 0.1) is 0 Å². The van der Waals surface area contributed by atoms with Crippen LogP contribution in [-0.2, 0) is 10.0 Å². The summed E-state index contributed by atoms with van der Waals surface area (Å²) in [7, 11) is -3.71. The Morgan fingerprint density at radius 2 is 1.64 bits per heavy atom. The van der Waals surface area contributed by atoms with E-state index in [9.17, 15) is 13.2 Å². The number of rotatable bonds is 4. The first kappa shape index (κ1) is 21.5. The number of carbonyl (C=O) groups is 1. The Hall–Kier alpha value is -3.37. The molecule has 2 aliphatic rings. The number of benzene rings is 2. The van der Waals surface area contributed by atoms with Crippen LogP contribution in [0.3, 0.4) is 0 Å². The molecule has 0 spiro atoms. The lowest BCUT2D eigenvalue weighted by Gasteiger charge is -2.33. The predicted octanol–water partition coefficient (Wildman–Crippen LogP) is 2.38. The number of piperazine rings is 1. The van der Waals surface area contributed by atoms with Crippen LogP contribution in [0.1, 0.15) is 16.9 Å². The standard InChI is InChI=1S/C23H24N4O5S/c28-23(20-16-19(24-25-20)17-5-2-1-3-6-17)26-9-11-27(12-10-26)33(29,30)18-7-8-21-22(15-18)32-14-4-13-31-21/h1-3,5-8,15-16H,4,9-14H2,(H,24,25). The maximum absolute atomic E-state index is 13.2. The van der Waals surface area contributed by atoms with Gasteiger partial charge in [0.2, 0.25) is 10.0 Å². The minimum atomic E-state index is -3.71. The summed E-state index contributed by atoms with van der Waals surface area (Å²) in [6.45, 7) is 2.03. The molecular formula is C23H24N4O5S. The lowest BCUT2D eigenvalue weighted by Crippen LogP contribution is -2.50. The summed E-state index contributed by atoms with van der Waals surface area (Å²) in [5.74, 6) is 0.796. The van der Waals surface area contributed by atoms with Crippen molar-refractivity contribution in [2.24, 2.45) is 0 Å². The highest BCUT2D eigenvalue weighted by molar-refractivity contribution is 7.89. The number of nitrogens with zero attached hydrogens (tertiary/aromatic N) is 3. The number of aromatic nitrogens is 2. The van der Waals surface area contributed by atoms with Crippen molar-refractivity contribution in [1.82, 2.24) is 19.4 Å². The summed E-state index contributed by atoms with van der Waals surface area (Å²) in [5, 5.41) is 7.04. The van der Waals surface area contributed by atoms with E-state index in [-0.39, 0.29) is 23.9 Å². The first-order chi connectivity index (χ1) is 16.0. The summed E-state index contributed by atoms with van der Waals surface area (Å²) in [6.07, 6.45) is 0.746. The summed E-state index contributed by atoms with van der Waals surface area (Å²) in [4.78, 5) is 14.7. The van der Waals surface area contributed by atoms with Gasteiger partial charge < -0.3 is 14.4 Å². The minimum absolute atomic E-state index is 0.160. The van der Waals surface area contributed by atoms with Crippen molar-refractivity contribution < 1.29 is 22.7 Å². The van der Waals surface area contributed by atoms with E-state index in [1.165, 1.54) is 16.4 Å². The van der Waals surface area contributed by atoms with Gasteiger partial charge in [-0.3, -0.25) is 9.89 Å². The largest absolute Gasteiger partial charge is 0.490 e. The van der Waals surface area contributed by atoms with Crippen LogP contribution in [0.25, 0.3) is 11.3 Å². The molecule has 9 nitrogen and oxygen atoms in total. The van der Waals surface area contributed by atoms with E-state index in [1.54, 1.807) is 17.0 Å². The van der Waals surface area contributed by atoms with Gasteiger partial charge in [0.15, 0.2) is 11.5 Å². The molecule has 0 unspecified atom stereocenters. The second-order valence-electron chi connectivity index (χ2n) is 7.89. The number of sulfonamides is 1. The Morgan fingerprint density at radius 1 is 0.909 bits per heavy atom. The number of hydrogen-bond acceptors (Lipinski definition) is 6. The van der Waals surface area contributed by atoms with Gasteiger partial charge in [-0.1, -0.05) is 30.3 Å². The summed E-state index contributed by atoms with van der Waals surface area (Å²) < 4.78 is 39.0. The molecule has 3 aromatic rings. The molecule has 33 heavy (non-hydrogen) atoms. The average molecular weight is 469 g/mol. The monoisotopic (exact) mass is 468 g/mol. The zero-order chi connectivity index (χ0) is 22.8. The third-order valence-electron chi connectivity index (χ3n) is 5.76. The summed E-state index contributed by atoms with van der Waals surface area (Å²) >= 11 is 0. The van der Waals surface area contributed by atoms with Crippen LogP contribution in [0.5, 0.6) is 11.5 Å². The molecule has 1 amide bonds. The third-order valence-corrected chi connectivity index (χ3v) is 7.66. The van der Waals surface area contributed by atoms with Crippen LogP contribution in [0.15, 0.2) is 59.5 Å². The van der Waals surface area contributed by atoms with Crippen molar-refractivity contribution >= 4 is 15.9 Å². The van der Waals surface area contributed by atoms with E-state index in [4.69, 9.17) is 9.47 Å². The summed E-state index contributed by atoms with van der Waals surface area (Å²) in [5.41, 5.74) is 1.99. The van der Waals surface area contributed by atoms with Gasteiger partial charge in [-0.15, -0.1) is 0 Å². The average Bonchev–Trinajstić information content (AvgIpc) is 3.23. The molecule has 0 radical (unpaired) electrons. The number of H-pyrrole nitrogens is 1. The Labute approximate surface area is 192 Å². The normalized spacial score (nSPS) is 16.9. The van der Waals surface area contributed by atoms with Gasteiger partial charge in [0, 0.05) is 44.2 Å². The van der Waals surface area contributed by atoms with E-state index >= 15 is 0 Å². The number of fused-ring (bicyclic) bond motifs is 1. The fraction of sp³-hybridized carbons (Fsp3) is 0.304. The molecule has 0 atom stereocenters. The fourth-order valence-electron chi connectivity index (χ4n) is 3.94. The highest BCUT2D eigenvalue weighted by Crippen LogP contribution is 2.33. The Morgan fingerprint density at radius 3 is 2.39 bits per heavy atom. The predicted molar refractivity (Wildman–Crippen MR) is 121 cm³/mol. The van der Waals surface area contributed by atoms with Crippen molar-refractivity contribution in [3.05, 3.63) is 60.3 Å². The van der Waals surface area contributed by atoms with E-state index in [0.29, 0.717) is 49.2 Å².